The van der Waals surface area contributed by atoms with Gasteiger partial charge < -0.3 is 5.11 Å². The molecule has 1 N–H and O–H groups in total. The highest BCUT2D eigenvalue weighted by Crippen LogP contribution is 2.38. The largest absolute Gasteiger partial charge is 0.511 e. The molecule has 2 aromatic rings. The van der Waals surface area contributed by atoms with Gasteiger partial charge in [0.05, 0.1) is 5.57 Å². The van der Waals surface area contributed by atoms with Crippen LogP contribution < -0.4 is 0 Å². The summed E-state index contributed by atoms with van der Waals surface area (Å²) in [6, 6.07) is 7.79. The number of carbonyl (C=O) groups is 1. The number of aliphatic hydroxyl groups is 1. The predicted octanol–water partition coefficient (Wildman–Crippen LogP) is 4.17. The average molecular weight is 331 g/mol. The molecule has 0 bridgehead atoms. The number of aliphatic hydroxyl groups excluding tert-OH is 1. The van der Waals surface area contributed by atoms with Gasteiger partial charge in [0.2, 0.25) is 0 Å². The van der Waals surface area contributed by atoms with E-state index in [2.05, 4.69) is 16.8 Å². The second-order valence-electron chi connectivity index (χ2n) is 6.51. The third-order valence-corrected chi connectivity index (χ3v) is 4.61. The van der Waals surface area contributed by atoms with Crippen molar-refractivity contribution in [2.45, 2.75) is 33.6 Å². The molecule has 0 amide bonds. The maximum atomic E-state index is 12.6. The van der Waals surface area contributed by atoms with Crippen LogP contribution in [0.5, 0.6) is 0 Å². The fourth-order valence-corrected chi connectivity index (χ4v) is 3.58. The summed E-state index contributed by atoms with van der Waals surface area (Å²) in [7, 11) is 0. The maximum absolute atomic E-state index is 12.6. The van der Waals surface area contributed by atoms with Gasteiger partial charge in [0.25, 0.3) is 0 Å². The molecule has 1 unspecified atom stereocenters. The van der Waals surface area contributed by atoms with E-state index >= 15 is 0 Å². The number of Topliss-reactive ketones (excluding diaryl/α,β-unsaturated/α-hetero) is 1. The fourth-order valence-electron chi connectivity index (χ4n) is 3.58. The van der Waals surface area contributed by atoms with Crippen LogP contribution in [0.15, 0.2) is 42.4 Å². The van der Waals surface area contributed by atoms with Gasteiger partial charge in [0, 0.05) is 30.3 Å². The van der Waals surface area contributed by atoms with E-state index in [0.717, 1.165) is 27.8 Å². The highest BCUT2D eigenvalue weighted by atomic mass is 16.3. The van der Waals surface area contributed by atoms with Crippen molar-refractivity contribution in [1.82, 2.24) is 4.98 Å². The summed E-state index contributed by atoms with van der Waals surface area (Å²) in [6.45, 7) is 5.73. The van der Waals surface area contributed by atoms with Crippen LogP contribution >= 0.6 is 0 Å². The summed E-state index contributed by atoms with van der Waals surface area (Å²) in [6.07, 6.45) is 4.46. The van der Waals surface area contributed by atoms with Crippen molar-refractivity contribution in [1.29, 1.82) is 0 Å². The topological polar surface area (TPSA) is 50.2 Å². The van der Waals surface area contributed by atoms with Crippen LogP contribution in [0, 0.1) is 31.6 Å². The number of hydrogen-bond donors (Lipinski definition) is 1. The number of aromatic nitrogens is 1. The third-order valence-electron chi connectivity index (χ3n) is 4.61. The van der Waals surface area contributed by atoms with E-state index in [1.807, 2.05) is 38.1 Å². The number of rotatable bonds is 3. The van der Waals surface area contributed by atoms with E-state index in [9.17, 15) is 9.90 Å². The summed E-state index contributed by atoms with van der Waals surface area (Å²) < 4.78 is 0. The monoisotopic (exact) mass is 331 g/mol. The van der Waals surface area contributed by atoms with Crippen LogP contribution in [-0.2, 0) is 11.2 Å². The molecule has 1 aliphatic carbocycles. The number of allylic oxidation sites excluding steroid dienone is 2. The molecule has 0 fully saturated rings. The van der Waals surface area contributed by atoms with Gasteiger partial charge in [-0.05, 0) is 67.6 Å². The van der Waals surface area contributed by atoms with Gasteiger partial charge in [-0.2, -0.15) is 0 Å². The molecule has 1 aliphatic rings. The van der Waals surface area contributed by atoms with Crippen LogP contribution in [0.3, 0.4) is 0 Å². The van der Waals surface area contributed by atoms with Crippen molar-refractivity contribution in [2.24, 2.45) is 5.92 Å². The Morgan fingerprint density at radius 3 is 2.60 bits per heavy atom. The van der Waals surface area contributed by atoms with Crippen molar-refractivity contribution in [3.63, 3.8) is 0 Å². The van der Waals surface area contributed by atoms with E-state index in [0.29, 0.717) is 18.4 Å². The number of ketones is 1. The lowest BCUT2D eigenvalue weighted by molar-refractivity contribution is -0.113. The lowest BCUT2D eigenvalue weighted by atomic mass is 9.92. The van der Waals surface area contributed by atoms with Crippen molar-refractivity contribution in [3.05, 3.63) is 70.2 Å². The normalized spacial score (nSPS) is 16.8. The fraction of sp³-hybridized carbons (Fsp3) is 0.273. The first kappa shape index (κ1) is 17.0. The van der Waals surface area contributed by atoms with Gasteiger partial charge in [-0.1, -0.05) is 12.0 Å². The molecule has 3 heteroatoms. The molecule has 0 radical (unpaired) electrons. The first-order valence-corrected chi connectivity index (χ1v) is 8.41. The van der Waals surface area contributed by atoms with Gasteiger partial charge in [-0.25, -0.2) is 0 Å². The molecule has 0 saturated heterocycles. The van der Waals surface area contributed by atoms with Crippen molar-refractivity contribution in [2.75, 3.05) is 0 Å². The minimum Gasteiger partial charge on any atom is -0.511 e. The number of hydrogen-bond acceptors (Lipinski definition) is 3. The Bertz CT molecular complexity index is 891. The molecule has 3 rings (SSSR count). The van der Waals surface area contributed by atoms with E-state index < -0.39 is 0 Å². The molecular weight excluding hydrogens is 310 g/mol. The predicted molar refractivity (Wildman–Crippen MR) is 99.1 cm³/mol. The molecule has 1 heterocycles. The van der Waals surface area contributed by atoms with Gasteiger partial charge in [-0.15, -0.1) is 5.92 Å². The molecule has 1 atom stereocenters. The van der Waals surface area contributed by atoms with E-state index in [1.165, 1.54) is 0 Å². The number of nitrogens with zero attached hydrogens (tertiary/aromatic N) is 1. The lowest BCUT2D eigenvalue weighted by Gasteiger charge is -2.13. The molecule has 0 aliphatic heterocycles. The number of carbonyl (C=O) groups excluding carboxylic acids is 1. The van der Waals surface area contributed by atoms with Gasteiger partial charge >= 0.3 is 0 Å². The van der Waals surface area contributed by atoms with Crippen molar-refractivity contribution < 1.29 is 9.90 Å². The van der Waals surface area contributed by atoms with Crippen LogP contribution in [0.25, 0.3) is 5.57 Å². The Morgan fingerprint density at radius 1 is 1.28 bits per heavy atom. The summed E-state index contributed by atoms with van der Waals surface area (Å²) in [5, 5.41) is 10.8. The number of benzene rings is 1. The summed E-state index contributed by atoms with van der Waals surface area (Å²) in [5.74, 6) is 5.98. The molecule has 0 spiro atoms. The molecule has 25 heavy (non-hydrogen) atoms. The number of pyridine rings is 1. The average Bonchev–Trinajstić information content (AvgIpc) is 2.83. The summed E-state index contributed by atoms with van der Waals surface area (Å²) >= 11 is 0. The summed E-state index contributed by atoms with van der Waals surface area (Å²) in [4.78, 5) is 16.7. The minimum absolute atomic E-state index is 0.00640. The SMILES string of the molecule is CC#Cc1cc(C)c(C2=C(O)C(Cc3cccnc3)CC2=O)c(C)c1. The second kappa shape index (κ2) is 6.94. The Morgan fingerprint density at radius 2 is 2.00 bits per heavy atom. The van der Waals surface area contributed by atoms with Gasteiger partial charge in [0.1, 0.15) is 5.76 Å². The van der Waals surface area contributed by atoms with Gasteiger partial charge in [-0.3, -0.25) is 9.78 Å². The molecule has 1 aromatic heterocycles. The standard InChI is InChI=1S/C22H21NO2/c1-4-6-16-9-14(2)20(15(3)10-16)21-19(24)12-18(22(21)25)11-17-7-5-8-23-13-17/h5,7-10,13,18,25H,11-12H2,1-3H3. The minimum atomic E-state index is -0.180. The molecule has 1 aromatic carbocycles. The van der Waals surface area contributed by atoms with Crippen LogP contribution in [-0.4, -0.2) is 15.9 Å². The Kier molecular flexibility index (Phi) is 4.72. The molecule has 3 nitrogen and oxygen atoms in total. The zero-order valence-corrected chi connectivity index (χ0v) is 14.8. The second-order valence-corrected chi connectivity index (χ2v) is 6.51. The Labute approximate surface area is 148 Å². The zero-order valence-electron chi connectivity index (χ0n) is 14.8. The first-order chi connectivity index (χ1) is 12.0. The van der Waals surface area contributed by atoms with Crippen LogP contribution in [0.1, 0.15) is 41.2 Å². The van der Waals surface area contributed by atoms with Crippen LogP contribution in [0.2, 0.25) is 0 Å². The lowest BCUT2D eigenvalue weighted by Crippen LogP contribution is -2.05. The smallest absolute Gasteiger partial charge is 0.167 e. The van der Waals surface area contributed by atoms with E-state index in [4.69, 9.17) is 0 Å². The molecular formula is C22H21NO2. The van der Waals surface area contributed by atoms with Crippen molar-refractivity contribution >= 4 is 11.4 Å². The maximum Gasteiger partial charge on any atom is 0.167 e. The van der Waals surface area contributed by atoms with Gasteiger partial charge in [0.15, 0.2) is 5.78 Å². The highest BCUT2D eigenvalue weighted by molar-refractivity contribution is 6.24. The highest BCUT2D eigenvalue weighted by Gasteiger charge is 2.34. The Hall–Kier alpha value is -2.86. The van der Waals surface area contributed by atoms with Crippen molar-refractivity contribution in [3.8, 4) is 11.8 Å². The van der Waals surface area contributed by atoms with Crippen LogP contribution in [0.4, 0.5) is 0 Å². The molecule has 126 valence electrons. The zero-order chi connectivity index (χ0) is 18.0. The van der Waals surface area contributed by atoms with E-state index in [-0.39, 0.29) is 17.5 Å². The summed E-state index contributed by atoms with van der Waals surface area (Å²) in [5.41, 5.74) is 5.20. The number of aryl methyl sites for hydroxylation is 2. The Balaban J connectivity index is 2.00. The molecule has 0 saturated carbocycles. The quantitative estimate of drug-likeness (QED) is 0.859. The third kappa shape index (κ3) is 3.34. The first-order valence-electron chi connectivity index (χ1n) is 8.41. The van der Waals surface area contributed by atoms with E-state index in [1.54, 1.807) is 19.3 Å².